The SMILES string of the molecule is C=C.CNCCc1cccc(C)c1O. The zero-order valence-corrected chi connectivity index (χ0v) is 9.01. The van der Waals surface area contributed by atoms with Crippen molar-refractivity contribution in [3.05, 3.63) is 42.5 Å². The van der Waals surface area contributed by atoms with Gasteiger partial charge in [-0.15, -0.1) is 13.2 Å². The highest BCUT2D eigenvalue weighted by molar-refractivity contribution is 5.39. The molecule has 2 heteroatoms. The molecule has 1 aromatic carbocycles. The highest BCUT2D eigenvalue weighted by Gasteiger charge is 2.01. The van der Waals surface area contributed by atoms with Gasteiger partial charge in [0.1, 0.15) is 5.75 Å². The third-order valence-corrected chi connectivity index (χ3v) is 1.97. The molecule has 0 saturated carbocycles. The van der Waals surface area contributed by atoms with Crippen LogP contribution in [0.2, 0.25) is 0 Å². The van der Waals surface area contributed by atoms with Crippen molar-refractivity contribution < 1.29 is 5.11 Å². The van der Waals surface area contributed by atoms with Crippen molar-refractivity contribution in [3.63, 3.8) is 0 Å². The van der Waals surface area contributed by atoms with Crippen LogP contribution in [0.3, 0.4) is 0 Å². The number of hydrogen-bond donors (Lipinski definition) is 2. The van der Waals surface area contributed by atoms with Gasteiger partial charge in [0.25, 0.3) is 0 Å². The molecule has 0 aliphatic heterocycles. The van der Waals surface area contributed by atoms with Crippen LogP contribution in [0.5, 0.6) is 5.75 Å². The Hall–Kier alpha value is -1.28. The summed E-state index contributed by atoms with van der Waals surface area (Å²) in [5, 5.41) is 12.6. The van der Waals surface area contributed by atoms with Crippen LogP contribution in [0.1, 0.15) is 11.1 Å². The molecular formula is C12H19NO. The number of rotatable bonds is 3. The van der Waals surface area contributed by atoms with Crippen LogP contribution in [-0.2, 0) is 6.42 Å². The predicted molar refractivity (Wildman–Crippen MR) is 61.7 cm³/mol. The smallest absolute Gasteiger partial charge is 0.121 e. The maximum absolute atomic E-state index is 9.60. The maximum atomic E-state index is 9.60. The summed E-state index contributed by atoms with van der Waals surface area (Å²) in [5.41, 5.74) is 1.97. The second-order valence-electron chi connectivity index (χ2n) is 2.94. The van der Waals surface area contributed by atoms with Crippen molar-refractivity contribution in [2.75, 3.05) is 13.6 Å². The van der Waals surface area contributed by atoms with E-state index in [9.17, 15) is 5.11 Å². The predicted octanol–water partition coefficient (Wildman–Crippen LogP) is 2.26. The lowest BCUT2D eigenvalue weighted by Gasteiger charge is -2.05. The largest absolute Gasteiger partial charge is 0.507 e. The molecule has 0 heterocycles. The fourth-order valence-electron chi connectivity index (χ4n) is 1.18. The molecule has 78 valence electrons. The second kappa shape index (κ2) is 7.15. The number of hydrogen-bond acceptors (Lipinski definition) is 2. The maximum Gasteiger partial charge on any atom is 0.121 e. The molecule has 0 radical (unpaired) electrons. The number of phenols is 1. The quantitative estimate of drug-likeness (QED) is 0.722. The average Bonchev–Trinajstić information content (AvgIpc) is 2.23. The Morgan fingerprint density at radius 3 is 2.57 bits per heavy atom. The number of benzene rings is 1. The van der Waals surface area contributed by atoms with Crippen LogP contribution in [0.4, 0.5) is 0 Å². The minimum absolute atomic E-state index is 0.438. The van der Waals surface area contributed by atoms with E-state index < -0.39 is 0 Å². The molecule has 0 spiro atoms. The molecule has 1 rings (SSSR count). The highest BCUT2D eigenvalue weighted by Crippen LogP contribution is 2.21. The molecule has 0 saturated heterocycles. The zero-order chi connectivity index (χ0) is 11.0. The van der Waals surface area contributed by atoms with E-state index in [1.165, 1.54) is 0 Å². The third-order valence-electron chi connectivity index (χ3n) is 1.97. The summed E-state index contributed by atoms with van der Waals surface area (Å²) in [6, 6.07) is 5.85. The summed E-state index contributed by atoms with van der Waals surface area (Å²) in [4.78, 5) is 0. The van der Waals surface area contributed by atoms with E-state index in [0.29, 0.717) is 5.75 Å². The summed E-state index contributed by atoms with van der Waals surface area (Å²) in [6.07, 6.45) is 0.879. The fourth-order valence-corrected chi connectivity index (χ4v) is 1.18. The van der Waals surface area contributed by atoms with Crippen LogP contribution in [-0.4, -0.2) is 18.7 Å². The first kappa shape index (κ1) is 12.7. The first-order valence-corrected chi connectivity index (χ1v) is 4.67. The molecule has 0 aliphatic rings. The number of aryl methyl sites for hydroxylation is 1. The Bertz CT molecular complexity index is 271. The van der Waals surface area contributed by atoms with Gasteiger partial charge in [-0.1, -0.05) is 18.2 Å². The number of aromatic hydroxyl groups is 1. The summed E-state index contributed by atoms with van der Waals surface area (Å²) < 4.78 is 0. The number of para-hydroxylation sites is 1. The van der Waals surface area contributed by atoms with Gasteiger partial charge < -0.3 is 10.4 Å². The Kier molecular flexibility index (Phi) is 6.50. The normalized spacial score (nSPS) is 9.00. The second-order valence-corrected chi connectivity index (χ2v) is 2.94. The Labute approximate surface area is 86.3 Å². The van der Waals surface area contributed by atoms with Gasteiger partial charge in [-0.05, 0) is 38.1 Å². The lowest BCUT2D eigenvalue weighted by molar-refractivity contribution is 0.463. The zero-order valence-electron chi connectivity index (χ0n) is 9.01. The first-order chi connectivity index (χ1) is 6.75. The van der Waals surface area contributed by atoms with Gasteiger partial charge in [-0.2, -0.15) is 0 Å². The van der Waals surface area contributed by atoms with Gasteiger partial charge in [0.2, 0.25) is 0 Å². The number of nitrogens with one attached hydrogen (secondary N) is 1. The van der Waals surface area contributed by atoms with E-state index in [4.69, 9.17) is 0 Å². The van der Waals surface area contributed by atoms with Crippen molar-refractivity contribution in [1.82, 2.24) is 5.32 Å². The van der Waals surface area contributed by atoms with E-state index in [1.54, 1.807) is 0 Å². The number of phenolic OH excluding ortho intramolecular Hbond substituents is 1. The van der Waals surface area contributed by atoms with E-state index >= 15 is 0 Å². The lowest BCUT2D eigenvalue weighted by Crippen LogP contribution is -2.10. The van der Waals surface area contributed by atoms with E-state index in [0.717, 1.165) is 24.1 Å². The summed E-state index contributed by atoms with van der Waals surface area (Å²) >= 11 is 0. The summed E-state index contributed by atoms with van der Waals surface area (Å²) in [6.45, 7) is 8.81. The topological polar surface area (TPSA) is 32.3 Å². The Morgan fingerprint density at radius 1 is 1.36 bits per heavy atom. The molecule has 0 aromatic heterocycles. The van der Waals surface area contributed by atoms with Gasteiger partial charge in [0.15, 0.2) is 0 Å². The van der Waals surface area contributed by atoms with E-state index in [2.05, 4.69) is 18.5 Å². The van der Waals surface area contributed by atoms with Crippen LogP contribution in [0.15, 0.2) is 31.4 Å². The van der Waals surface area contributed by atoms with Crippen LogP contribution < -0.4 is 5.32 Å². The van der Waals surface area contributed by atoms with Crippen molar-refractivity contribution in [2.45, 2.75) is 13.3 Å². The molecule has 14 heavy (non-hydrogen) atoms. The van der Waals surface area contributed by atoms with Crippen LogP contribution >= 0.6 is 0 Å². The molecule has 1 aromatic rings. The molecule has 0 unspecified atom stereocenters. The molecule has 0 amide bonds. The molecule has 2 N–H and O–H groups in total. The fraction of sp³-hybridized carbons (Fsp3) is 0.333. The lowest BCUT2D eigenvalue weighted by atomic mass is 10.1. The van der Waals surface area contributed by atoms with E-state index in [-0.39, 0.29) is 0 Å². The van der Waals surface area contributed by atoms with Crippen LogP contribution in [0, 0.1) is 6.92 Å². The average molecular weight is 193 g/mol. The molecule has 0 atom stereocenters. The molecule has 2 nitrogen and oxygen atoms in total. The van der Waals surface area contributed by atoms with Crippen molar-refractivity contribution >= 4 is 0 Å². The van der Waals surface area contributed by atoms with Gasteiger partial charge in [0, 0.05) is 0 Å². The van der Waals surface area contributed by atoms with Gasteiger partial charge in [-0.25, -0.2) is 0 Å². The first-order valence-electron chi connectivity index (χ1n) is 4.67. The van der Waals surface area contributed by atoms with Crippen LogP contribution in [0.25, 0.3) is 0 Å². The molecular weight excluding hydrogens is 174 g/mol. The van der Waals surface area contributed by atoms with Gasteiger partial charge in [0.05, 0.1) is 0 Å². The van der Waals surface area contributed by atoms with Crippen molar-refractivity contribution in [1.29, 1.82) is 0 Å². The minimum Gasteiger partial charge on any atom is -0.507 e. The van der Waals surface area contributed by atoms with Crippen molar-refractivity contribution in [3.8, 4) is 5.75 Å². The minimum atomic E-state index is 0.438. The van der Waals surface area contributed by atoms with Gasteiger partial charge in [-0.3, -0.25) is 0 Å². The Balaban J connectivity index is 0.000000791. The standard InChI is InChI=1S/C10H15NO.C2H4/c1-8-4-3-5-9(10(8)12)6-7-11-2;1-2/h3-5,11-12H,6-7H2,1-2H3;1-2H2. The van der Waals surface area contributed by atoms with E-state index in [1.807, 2.05) is 32.2 Å². The molecule has 0 aliphatic carbocycles. The molecule has 0 fully saturated rings. The molecule has 0 bridgehead atoms. The summed E-state index contributed by atoms with van der Waals surface area (Å²) in [5.74, 6) is 0.438. The third kappa shape index (κ3) is 3.62. The van der Waals surface area contributed by atoms with Crippen molar-refractivity contribution in [2.24, 2.45) is 0 Å². The van der Waals surface area contributed by atoms with Gasteiger partial charge >= 0.3 is 0 Å². The highest BCUT2D eigenvalue weighted by atomic mass is 16.3. The Morgan fingerprint density at radius 2 is 2.00 bits per heavy atom. The monoisotopic (exact) mass is 193 g/mol. The summed E-state index contributed by atoms with van der Waals surface area (Å²) in [7, 11) is 1.91. The number of likely N-dealkylation sites (N-methyl/N-ethyl adjacent to an activating group) is 1.